The molecule has 2 rings (SSSR count). The van der Waals surface area contributed by atoms with Crippen molar-refractivity contribution in [2.24, 2.45) is 0 Å². The maximum atomic E-state index is 5.32. The Balaban J connectivity index is 1.52. The van der Waals surface area contributed by atoms with Crippen molar-refractivity contribution >= 4 is 17.3 Å². The molecule has 110 valence electrons. The van der Waals surface area contributed by atoms with Gasteiger partial charge in [0.2, 0.25) is 0 Å². The van der Waals surface area contributed by atoms with E-state index in [4.69, 9.17) is 17.0 Å². The topological polar surface area (TPSA) is 36.5 Å². The van der Waals surface area contributed by atoms with Crippen LogP contribution in [0.2, 0.25) is 0 Å². The first-order chi connectivity index (χ1) is 9.84. The van der Waals surface area contributed by atoms with E-state index in [1.54, 1.807) is 0 Å². The Kier molecular flexibility index (Phi) is 6.77. The van der Waals surface area contributed by atoms with E-state index in [-0.39, 0.29) is 0 Å². The highest BCUT2D eigenvalue weighted by Gasteiger charge is 2.09. The van der Waals surface area contributed by atoms with Crippen LogP contribution in [0.15, 0.2) is 30.3 Å². The summed E-state index contributed by atoms with van der Waals surface area (Å²) in [6.07, 6.45) is 0.992. The molecular weight excluding hydrogens is 270 g/mol. The summed E-state index contributed by atoms with van der Waals surface area (Å²) in [6, 6.07) is 10.4. The van der Waals surface area contributed by atoms with Gasteiger partial charge >= 0.3 is 0 Å². The van der Waals surface area contributed by atoms with Gasteiger partial charge in [-0.2, -0.15) is 0 Å². The number of benzene rings is 1. The van der Waals surface area contributed by atoms with Gasteiger partial charge in [0.1, 0.15) is 0 Å². The molecule has 2 N–H and O–H groups in total. The molecule has 1 saturated heterocycles. The number of rotatable bonds is 6. The van der Waals surface area contributed by atoms with E-state index in [2.05, 4.69) is 39.8 Å². The molecule has 1 fully saturated rings. The lowest BCUT2D eigenvalue weighted by Crippen LogP contribution is -2.43. The highest BCUT2D eigenvalue weighted by atomic mass is 32.1. The van der Waals surface area contributed by atoms with Crippen molar-refractivity contribution in [2.45, 2.75) is 6.42 Å². The van der Waals surface area contributed by atoms with E-state index in [0.717, 1.165) is 57.5 Å². The van der Waals surface area contributed by atoms with E-state index in [1.165, 1.54) is 5.56 Å². The zero-order valence-electron chi connectivity index (χ0n) is 11.8. The molecule has 0 aliphatic carbocycles. The molecule has 1 aliphatic heterocycles. The van der Waals surface area contributed by atoms with Gasteiger partial charge in [0.05, 0.1) is 13.2 Å². The van der Waals surface area contributed by atoms with Crippen LogP contribution in [0.1, 0.15) is 5.56 Å². The van der Waals surface area contributed by atoms with E-state index in [9.17, 15) is 0 Å². The standard InChI is InChI=1S/C15H23N3OS/c20-15(16-7-6-14-4-2-1-3-5-14)17-8-9-18-10-12-19-13-11-18/h1-5H,6-13H2,(H2,16,17,20). The number of morpholine rings is 1. The highest BCUT2D eigenvalue weighted by Crippen LogP contribution is 1.98. The molecule has 1 aromatic carbocycles. The number of nitrogens with one attached hydrogen (secondary N) is 2. The van der Waals surface area contributed by atoms with Crippen molar-refractivity contribution in [1.29, 1.82) is 0 Å². The number of ether oxygens (including phenoxy) is 1. The fourth-order valence-electron chi connectivity index (χ4n) is 2.18. The Hall–Kier alpha value is -1.17. The van der Waals surface area contributed by atoms with Gasteiger partial charge in [0.25, 0.3) is 0 Å². The van der Waals surface area contributed by atoms with Crippen molar-refractivity contribution in [1.82, 2.24) is 15.5 Å². The number of hydrogen-bond donors (Lipinski definition) is 2. The van der Waals surface area contributed by atoms with Gasteiger partial charge in [-0.05, 0) is 24.2 Å². The minimum atomic E-state index is 0.745. The smallest absolute Gasteiger partial charge is 0.166 e. The van der Waals surface area contributed by atoms with Gasteiger partial charge in [-0.25, -0.2) is 0 Å². The van der Waals surface area contributed by atoms with Crippen molar-refractivity contribution in [3.8, 4) is 0 Å². The Morgan fingerprint density at radius 3 is 2.55 bits per heavy atom. The third-order valence-corrected chi connectivity index (χ3v) is 3.65. The summed E-state index contributed by atoms with van der Waals surface area (Å²) < 4.78 is 5.32. The molecule has 0 unspecified atom stereocenters. The molecule has 0 bridgehead atoms. The molecular formula is C15H23N3OS. The maximum absolute atomic E-state index is 5.32. The Labute approximate surface area is 126 Å². The zero-order valence-corrected chi connectivity index (χ0v) is 12.6. The minimum absolute atomic E-state index is 0.745. The summed E-state index contributed by atoms with van der Waals surface area (Å²) in [6.45, 7) is 6.51. The monoisotopic (exact) mass is 293 g/mol. The van der Waals surface area contributed by atoms with Crippen LogP contribution in [0.3, 0.4) is 0 Å². The summed E-state index contributed by atoms with van der Waals surface area (Å²) in [5, 5.41) is 7.24. The molecule has 0 amide bonds. The quantitative estimate of drug-likeness (QED) is 0.766. The Morgan fingerprint density at radius 2 is 1.80 bits per heavy atom. The Morgan fingerprint density at radius 1 is 1.10 bits per heavy atom. The van der Waals surface area contributed by atoms with Crippen LogP contribution >= 0.6 is 12.2 Å². The van der Waals surface area contributed by atoms with Crippen LogP contribution in [-0.4, -0.2) is 55.9 Å². The Bertz CT molecular complexity index is 393. The highest BCUT2D eigenvalue weighted by molar-refractivity contribution is 7.80. The molecule has 5 heteroatoms. The molecule has 0 aromatic heterocycles. The van der Waals surface area contributed by atoms with Crippen LogP contribution in [0, 0.1) is 0 Å². The lowest BCUT2D eigenvalue weighted by Gasteiger charge is -2.26. The van der Waals surface area contributed by atoms with Gasteiger partial charge in [-0.3, -0.25) is 4.90 Å². The molecule has 0 atom stereocenters. The second kappa shape index (κ2) is 8.89. The molecule has 4 nitrogen and oxygen atoms in total. The first kappa shape index (κ1) is 15.2. The van der Waals surface area contributed by atoms with E-state index < -0.39 is 0 Å². The average molecular weight is 293 g/mol. The predicted molar refractivity (Wildman–Crippen MR) is 86.0 cm³/mol. The van der Waals surface area contributed by atoms with Gasteiger partial charge < -0.3 is 15.4 Å². The summed E-state index contributed by atoms with van der Waals surface area (Å²) in [5.41, 5.74) is 1.33. The van der Waals surface area contributed by atoms with E-state index in [0.29, 0.717) is 0 Å². The van der Waals surface area contributed by atoms with Gasteiger partial charge in [-0.15, -0.1) is 0 Å². The van der Waals surface area contributed by atoms with Crippen LogP contribution in [-0.2, 0) is 11.2 Å². The van der Waals surface area contributed by atoms with Crippen LogP contribution in [0.25, 0.3) is 0 Å². The predicted octanol–water partition coefficient (Wildman–Crippen LogP) is 1.03. The number of thiocarbonyl (C=S) groups is 1. The molecule has 20 heavy (non-hydrogen) atoms. The molecule has 1 heterocycles. The first-order valence-electron chi connectivity index (χ1n) is 7.20. The summed E-state index contributed by atoms with van der Waals surface area (Å²) in [5.74, 6) is 0. The van der Waals surface area contributed by atoms with Crippen LogP contribution in [0.5, 0.6) is 0 Å². The molecule has 1 aromatic rings. The lowest BCUT2D eigenvalue weighted by molar-refractivity contribution is 0.0389. The summed E-state index contributed by atoms with van der Waals surface area (Å²) in [4.78, 5) is 2.39. The summed E-state index contributed by atoms with van der Waals surface area (Å²) in [7, 11) is 0. The van der Waals surface area contributed by atoms with Crippen molar-refractivity contribution in [2.75, 3.05) is 45.9 Å². The average Bonchev–Trinajstić information content (AvgIpc) is 2.49. The second-order valence-electron chi connectivity index (χ2n) is 4.87. The van der Waals surface area contributed by atoms with Crippen molar-refractivity contribution in [3.05, 3.63) is 35.9 Å². The third kappa shape index (κ3) is 5.86. The largest absolute Gasteiger partial charge is 0.379 e. The minimum Gasteiger partial charge on any atom is -0.379 e. The van der Waals surface area contributed by atoms with Gasteiger partial charge in [0.15, 0.2) is 5.11 Å². The first-order valence-corrected chi connectivity index (χ1v) is 7.61. The molecule has 0 spiro atoms. The number of hydrogen-bond acceptors (Lipinski definition) is 3. The molecule has 0 saturated carbocycles. The van der Waals surface area contributed by atoms with Crippen molar-refractivity contribution < 1.29 is 4.74 Å². The van der Waals surface area contributed by atoms with E-state index in [1.807, 2.05) is 6.07 Å². The SMILES string of the molecule is S=C(NCCc1ccccc1)NCCN1CCOCC1. The van der Waals surface area contributed by atoms with Crippen LogP contribution < -0.4 is 10.6 Å². The molecule has 1 aliphatic rings. The van der Waals surface area contributed by atoms with Gasteiger partial charge in [-0.1, -0.05) is 30.3 Å². The lowest BCUT2D eigenvalue weighted by atomic mass is 10.1. The summed E-state index contributed by atoms with van der Waals surface area (Å²) >= 11 is 5.27. The van der Waals surface area contributed by atoms with E-state index >= 15 is 0 Å². The fourth-order valence-corrected chi connectivity index (χ4v) is 2.38. The zero-order chi connectivity index (χ0) is 14.0. The maximum Gasteiger partial charge on any atom is 0.166 e. The fraction of sp³-hybridized carbons (Fsp3) is 0.533. The molecule has 0 radical (unpaired) electrons. The van der Waals surface area contributed by atoms with Crippen molar-refractivity contribution in [3.63, 3.8) is 0 Å². The third-order valence-electron chi connectivity index (χ3n) is 3.36. The van der Waals surface area contributed by atoms with Gasteiger partial charge in [0, 0.05) is 32.7 Å². The normalized spacial score (nSPS) is 15.8. The second-order valence-corrected chi connectivity index (χ2v) is 5.28. The van der Waals surface area contributed by atoms with Crippen LogP contribution in [0.4, 0.5) is 0 Å². The number of nitrogens with zero attached hydrogens (tertiary/aromatic N) is 1.